The minimum Gasteiger partial charge on any atom is -0.212 e. The van der Waals surface area contributed by atoms with Crippen LogP contribution in [0, 0.1) is 0 Å². The molecule has 1 aromatic carbocycles. The van der Waals surface area contributed by atoms with Crippen LogP contribution >= 0.6 is 0 Å². The Morgan fingerprint density at radius 1 is 1.31 bits per heavy atom. The van der Waals surface area contributed by atoms with Gasteiger partial charge in [0.15, 0.2) is 0 Å². The first kappa shape index (κ1) is 12.5. The van der Waals surface area contributed by atoms with Gasteiger partial charge < -0.3 is 0 Å². The fraction of sp³-hybridized carbons (Fsp3) is 0.111. The van der Waals surface area contributed by atoms with E-state index in [1.807, 2.05) is 0 Å². The molecule has 1 aromatic rings. The Bertz CT molecular complexity index is 542. The van der Waals surface area contributed by atoms with Crippen molar-refractivity contribution in [2.75, 3.05) is 0 Å². The average molecular weight is 250 g/mol. The molecule has 0 heterocycles. The van der Waals surface area contributed by atoms with E-state index in [9.17, 15) is 21.6 Å². The Morgan fingerprint density at radius 2 is 1.94 bits per heavy atom. The van der Waals surface area contributed by atoms with Crippen LogP contribution in [0.25, 0.3) is 0 Å². The third-order valence-corrected chi connectivity index (χ3v) is 3.04. The van der Waals surface area contributed by atoms with Crippen molar-refractivity contribution in [1.82, 2.24) is 4.67 Å². The van der Waals surface area contributed by atoms with Crippen LogP contribution in [0.4, 0.5) is 13.2 Å². The SMILES string of the molecule is C=[N+]=CS(=O)(=O)c1cccc(C(F)(F)F)c1. The Morgan fingerprint density at radius 3 is 2.44 bits per heavy atom. The molecule has 0 bridgehead atoms. The first-order valence-electron chi connectivity index (χ1n) is 3.99. The second-order valence-electron chi connectivity index (χ2n) is 2.86. The topological polar surface area (TPSA) is 48.2 Å². The highest BCUT2D eigenvalue weighted by Gasteiger charge is 2.31. The summed E-state index contributed by atoms with van der Waals surface area (Å²) in [6, 6.07) is 3.43. The molecule has 0 saturated carbocycles. The van der Waals surface area contributed by atoms with Gasteiger partial charge in [-0.05, 0) is 18.2 Å². The summed E-state index contributed by atoms with van der Waals surface area (Å²) in [5, 5.41) is 0. The summed E-state index contributed by atoms with van der Waals surface area (Å²) in [6.07, 6.45) is -4.58. The number of rotatable bonds is 2. The van der Waals surface area contributed by atoms with Crippen molar-refractivity contribution in [3.63, 3.8) is 0 Å². The van der Waals surface area contributed by atoms with Gasteiger partial charge in [-0.15, -0.1) is 0 Å². The predicted molar refractivity (Wildman–Crippen MR) is 53.9 cm³/mol. The lowest BCUT2D eigenvalue weighted by atomic mass is 10.2. The molecular formula is C9H7F3NO2S+. The van der Waals surface area contributed by atoms with Gasteiger partial charge in [0.05, 0.1) is 10.5 Å². The lowest BCUT2D eigenvalue weighted by Gasteiger charge is -2.06. The van der Waals surface area contributed by atoms with E-state index >= 15 is 0 Å². The smallest absolute Gasteiger partial charge is 0.212 e. The molecule has 0 unspecified atom stereocenters. The number of hydrogen-bond donors (Lipinski definition) is 0. The predicted octanol–water partition coefficient (Wildman–Crippen LogP) is 1.28. The van der Waals surface area contributed by atoms with Gasteiger partial charge in [0.2, 0.25) is 0 Å². The van der Waals surface area contributed by atoms with Crippen LogP contribution in [0.2, 0.25) is 0 Å². The van der Waals surface area contributed by atoms with Crippen LogP contribution in [0.1, 0.15) is 5.56 Å². The van der Waals surface area contributed by atoms with Crippen molar-refractivity contribution in [2.45, 2.75) is 11.1 Å². The summed E-state index contributed by atoms with van der Waals surface area (Å²) in [7, 11) is -3.95. The number of sulfone groups is 1. The summed E-state index contributed by atoms with van der Waals surface area (Å²) in [5.74, 6) is 0. The molecule has 7 heteroatoms. The van der Waals surface area contributed by atoms with Crippen LogP contribution in [-0.4, -0.2) is 20.7 Å². The van der Waals surface area contributed by atoms with E-state index in [-0.39, 0.29) is 0 Å². The summed E-state index contributed by atoms with van der Waals surface area (Å²) < 4.78 is 62.6. The normalized spacial score (nSPS) is 11.9. The van der Waals surface area contributed by atoms with Gasteiger partial charge in [0, 0.05) is 0 Å². The van der Waals surface area contributed by atoms with Crippen molar-refractivity contribution in [3.05, 3.63) is 29.8 Å². The molecule has 0 N–H and O–H groups in total. The summed E-state index contributed by atoms with van der Waals surface area (Å²) in [4.78, 5) is -0.463. The number of alkyl halides is 3. The number of hydrogen-bond acceptors (Lipinski definition) is 2. The zero-order chi connectivity index (χ0) is 12.4. The number of halogens is 3. The Kier molecular flexibility index (Phi) is 3.21. The van der Waals surface area contributed by atoms with E-state index in [0.717, 1.165) is 18.2 Å². The highest BCUT2D eigenvalue weighted by atomic mass is 32.2. The van der Waals surface area contributed by atoms with Crippen LogP contribution in [-0.2, 0) is 16.0 Å². The van der Waals surface area contributed by atoms with Crippen LogP contribution in [0.15, 0.2) is 29.2 Å². The van der Waals surface area contributed by atoms with Crippen molar-refractivity contribution >= 4 is 22.1 Å². The zero-order valence-electron chi connectivity index (χ0n) is 7.90. The molecule has 0 saturated heterocycles. The molecule has 0 amide bonds. The Hall–Kier alpha value is -1.59. The Labute approximate surface area is 89.9 Å². The largest absolute Gasteiger partial charge is 0.416 e. The lowest BCUT2D eigenvalue weighted by molar-refractivity contribution is -0.137. The minimum absolute atomic E-state index is 0.463. The van der Waals surface area contributed by atoms with E-state index < -0.39 is 26.5 Å². The second kappa shape index (κ2) is 4.11. The summed E-state index contributed by atoms with van der Waals surface area (Å²) in [5.41, 5.74) is -0.520. The molecule has 86 valence electrons. The highest BCUT2D eigenvalue weighted by molar-refractivity contribution is 8.04. The molecule has 0 fully saturated rings. The van der Waals surface area contributed by atoms with Crippen molar-refractivity contribution < 1.29 is 21.6 Å². The van der Waals surface area contributed by atoms with Crippen LogP contribution in [0.5, 0.6) is 0 Å². The van der Waals surface area contributed by atoms with E-state index in [4.69, 9.17) is 0 Å². The molecular weight excluding hydrogens is 243 g/mol. The molecule has 0 aliphatic heterocycles. The molecule has 16 heavy (non-hydrogen) atoms. The number of benzene rings is 1. The quantitative estimate of drug-likeness (QED) is 0.451. The standard InChI is InChI=1S/C9H7F3NO2S/c1-13-6-16(14,15)8-4-2-3-7(5-8)9(10,11)12/h2-6H,1H2/q+1. The molecule has 0 aliphatic carbocycles. The molecule has 0 aromatic heterocycles. The maximum atomic E-state index is 12.3. The number of nitrogens with zero attached hydrogens (tertiary/aromatic N) is 1. The molecule has 0 radical (unpaired) electrons. The maximum Gasteiger partial charge on any atom is 0.416 e. The van der Waals surface area contributed by atoms with Gasteiger partial charge in [-0.3, -0.25) is 0 Å². The van der Waals surface area contributed by atoms with Gasteiger partial charge in [-0.25, -0.2) is 8.42 Å². The van der Waals surface area contributed by atoms with Crippen LogP contribution < -0.4 is 4.67 Å². The van der Waals surface area contributed by atoms with E-state index in [1.165, 1.54) is 0 Å². The fourth-order valence-electron chi connectivity index (χ4n) is 1.01. The fourth-order valence-corrected chi connectivity index (χ4v) is 1.89. The maximum absolute atomic E-state index is 12.3. The first-order valence-corrected chi connectivity index (χ1v) is 5.53. The van der Waals surface area contributed by atoms with Gasteiger partial charge >= 0.3 is 11.7 Å². The van der Waals surface area contributed by atoms with E-state index in [0.29, 0.717) is 11.6 Å². The molecule has 0 atom stereocenters. The summed E-state index contributed by atoms with van der Waals surface area (Å²) >= 11 is 0. The van der Waals surface area contributed by atoms with Crippen molar-refractivity contribution in [1.29, 1.82) is 0 Å². The third-order valence-electron chi connectivity index (χ3n) is 1.70. The minimum atomic E-state index is -4.58. The average Bonchev–Trinajstić information content (AvgIpc) is 2.16. The van der Waals surface area contributed by atoms with Crippen molar-refractivity contribution in [2.24, 2.45) is 0 Å². The van der Waals surface area contributed by atoms with E-state index in [1.54, 1.807) is 0 Å². The summed E-state index contributed by atoms with van der Waals surface area (Å²) in [6.45, 7) is 2.94. The highest BCUT2D eigenvalue weighted by Crippen LogP contribution is 2.30. The second-order valence-corrected chi connectivity index (χ2v) is 4.63. The molecule has 3 nitrogen and oxygen atoms in total. The monoisotopic (exact) mass is 250 g/mol. The van der Waals surface area contributed by atoms with E-state index in [2.05, 4.69) is 11.4 Å². The van der Waals surface area contributed by atoms with Gasteiger partial charge in [0.25, 0.3) is 16.6 Å². The van der Waals surface area contributed by atoms with Crippen molar-refractivity contribution in [3.8, 4) is 0 Å². The molecule has 1 rings (SSSR count). The third kappa shape index (κ3) is 2.71. The molecule has 0 aliphatic rings. The molecule has 0 spiro atoms. The first-order chi connectivity index (χ1) is 7.27. The van der Waals surface area contributed by atoms with Gasteiger partial charge in [-0.1, -0.05) is 10.7 Å². The Balaban J connectivity index is 3.35. The van der Waals surface area contributed by atoms with Crippen LogP contribution in [0.3, 0.4) is 0 Å². The van der Waals surface area contributed by atoms with Gasteiger partial charge in [-0.2, -0.15) is 13.2 Å². The van der Waals surface area contributed by atoms with Gasteiger partial charge in [0.1, 0.15) is 0 Å². The lowest BCUT2D eigenvalue weighted by Crippen LogP contribution is -2.08. The zero-order valence-corrected chi connectivity index (χ0v) is 8.72.